The number of amidine groups is 1. The molecule has 27 heavy (non-hydrogen) atoms. The van der Waals surface area contributed by atoms with Crippen LogP contribution in [0.25, 0.3) is 6.08 Å². The Bertz CT molecular complexity index is 908. The Hall–Kier alpha value is -2.15. The minimum absolute atomic E-state index is 0.0945. The third-order valence-corrected chi connectivity index (χ3v) is 4.96. The van der Waals surface area contributed by atoms with E-state index >= 15 is 0 Å². The third-order valence-electron chi connectivity index (χ3n) is 3.57. The van der Waals surface area contributed by atoms with Crippen molar-refractivity contribution in [3.8, 4) is 11.5 Å². The number of ether oxygens (including phenoxy) is 2. The molecule has 140 valence electrons. The maximum absolute atomic E-state index is 11.7. The molecule has 0 bridgehead atoms. The predicted molar refractivity (Wildman–Crippen MR) is 110 cm³/mol. The van der Waals surface area contributed by atoms with Crippen LogP contribution in [0, 0.1) is 12.3 Å². The van der Waals surface area contributed by atoms with Crippen molar-refractivity contribution in [2.75, 3.05) is 13.2 Å². The first-order valence-electron chi connectivity index (χ1n) is 8.03. The molecule has 1 aliphatic rings. The molecule has 8 heteroatoms. The molecule has 2 aromatic rings. The van der Waals surface area contributed by atoms with E-state index < -0.39 is 0 Å². The van der Waals surface area contributed by atoms with Gasteiger partial charge in [-0.3, -0.25) is 10.2 Å². The molecule has 3 rings (SSSR count). The fraction of sp³-hybridized carbons (Fsp3) is 0.158. The van der Waals surface area contributed by atoms with E-state index in [1.807, 2.05) is 31.2 Å². The lowest BCUT2D eigenvalue weighted by Gasteiger charge is -2.12. The number of hydrogen-bond acceptors (Lipinski definition) is 5. The van der Waals surface area contributed by atoms with Crippen molar-refractivity contribution < 1.29 is 14.3 Å². The van der Waals surface area contributed by atoms with Crippen LogP contribution in [0.4, 0.5) is 0 Å². The topological polar surface area (TPSA) is 71.4 Å². The first-order chi connectivity index (χ1) is 12.9. The van der Waals surface area contributed by atoms with E-state index in [1.165, 1.54) is 0 Å². The van der Waals surface area contributed by atoms with E-state index in [1.54, 1.807) is 18.2 Å². The van der Waals surface area contributed by atoms with Crippen molar-refractivity contribution >= 4 is 52.1 Å². The molecule has 0 spiro atoms. The summed E-state index contributed by atoms with van der Waals surface area (Å²) in [7, 11) is 0. The van der Waals surface area contributed by atoms with E-state index in [-0.39, 0.29) is 17.7 Å². The molecule has 0 aromatic heterocycles. The van der Waals surface area contributed by atoms with Crippen molar-refractivity contribution in [2.24, 2.45) is 0 Å². The van der Waals surface area contributed by atoms with Gasteiger partial charge in [0, 0.05) is 0 Å². The molecule has 1 amide bonds. The van der Waals surface area contributed by atoms with Gasteiger partial charge in [-0.15, -0.1) is 0 Å². The second-order valence-corrected chi connectivity index (χ2v) is 7.59. The molecule has 1 fully saturated rings. The van der Waals surface area contributed by atoms with Gasteiger partial charge in [0.05, 0.1) is 15.0 Å². The highest BCUT2D eigenvalue weighted by Crippen LogP contribution is 2.36. The normalized spacial score (nSPS) is 15.1. The third kappa shape index (κ3) is 5.19. The monoisotopic (exact) mass is 422 g/mol. The van der Waals surface area contributed by atoms with Crippen LogP contribution < -0.4 is 14.8 Å². The molecule has 0 aliphatic carbocycles. The molecular formula is C19H16Cl2N2O3S. The van der Waals surface area contributed by atoms with E-state index in [0.29, 0.717) is 32.9 Å². The molecule has 1 aliphatic heterocycles. The Morgan fingerprint density at radius 3 is 2.48 bits per heavy atom. The van der Waals surface area contributed by atoms with E-state index in [0.717, 1.165) is 23.1 Å². The van der Waals surface area contributed by atoms with Crippen LogP contribution in [0.2, 0.25) is 10.0 Å². The zero-order valence-corrected chi connectivity index (χ0v) is 16.7. The summed E-state index contributed by atoms with van der Waals surface area (Å²) >= 11 is 13.6. The number of carbonyl (C=O) groups excluding carboxylic acids is 1. The largest absolute Gasteiger partial charge is 0.490 e. The highest BCUT2D eigenvalue weighted by atomic mass is 35.5. The Kier molecular flexibility index (Phi) is 6.31. The van der Waals surface area contributed by atoms with Crippen molar-refractivity contribution in [1.29, 1.82) is 5.41 Å². The Balaban J connectivity index is 1.62. The minimum atomic E-state index is -0.314. The molecule has 2 aromatic carbocycles. The number of nitrogens with one attached hydrogen (secondary N) is 2. The SMILES string of the molecule is Cc1cccc(OCCOc2c(Cl)cc(/C=C3\SC(=N)NC3=O)cc2Cl)c1. The van der Waals surface area contributed by atoms with E-state index in [9.17, 15) is 4.79 Å². The summed E-state index contributed by atoms with van der Waals surface area (Å²) in [5.41, 5.74) is 1.77. The fourth-order valence-electron chi connectivity index (χ4n) is 2.40. The second-order valence-electron chi connectivity index (χ2n) is 5.72. The van der Waals surface area contributed by atoms with Crippen LogP contribution in [0.1, 0.15) is 11.1 Å². The van der Waals surface area contributed by atoms with Gasteiger partial charge in [-0.1, -0.05) is 35.3 Å². The summed E-state index contributed by atoms with van der Waals surface area (Å²) in [5.74, 6) is 0.825. The molecule has 1 saturated heterocycles. The first kappa shape index (κ1) is 19.6. The molecule has 2 N–H and O–H groups in total. The molecule has 0 unspecified atom stereocenters. The highest BCUT2D eigenvalue weighted by Gasteiger charge is 2.22. The van der Waals surface area contributed by atoms with Gasteiger partial charge in [-0.2, -0.15) is 0 Å². The number of amides is 1. The zero-order chi connectivity index (χ0) is 19.4. The van der Waals surface area contributed by atoms with Gasteiger partial charge in [0.2, 0.25) is 0 Å². The van der Waals surface area contributed by atoms with Crippen LogP contribution in [0.15, 0.2) is 41.3 Å². The van der Waals surface area contributed by atoms with Crippen molar-refractivity contribution in [3.63, 3.8) is 0 Å². The van der Waals surface area contributed by atoms with Gasteiger partial charge in [-0.05, 0) is 60.2 Å². The zero-order valence-electron chi connectivity index (χ0n) is 14.3. The van der Waals surface area contributed by atoms with Crippen LogP contribution in [-0.4, -0.2) is 24.3 Å². The second kappa shape index (κ2) is 8.69. The number of hydrogen-bond donors (Lipinski definition) is 2. The summed E-state index contributed by atoms with van der Waals surface area (Å²) in [5, 5.41) is 10.6. The Morgan fingerprint density at radius 2 is 1.85 bits per heavy atom. The molecule has 0 radical (unpaired) electrons. The molecular weight excluding hydrogens is 407 g/mol. The van der Waals surface area contributed by atoms with Crippen molar-refractivity contribution in [3.05, 3.63) is 62.5 Å². The van der Waals surface area contributed by atoms with Crippen molar-refractivity contribution in [1.82, 2.24) is 5.32 Å². The molecule has 0 atom stereocenters. The number of aryl methyl sites for hydroxylation is 1. The van der Waals surface area contributed by atoms with Crippen LogP contribution in [0.3, 0.4) is 0 Å². The number of benzene rings is 2. The molecule has 5 nitrogen and oxygen atoms in total. The number of carbonyl (C=O) groups is 1. The smallest absolute Gasteiger partial charge is 0.264 e. The summed E-state index contributed by atoms with van der Waals surface area (Å²) in [4.78, 5) is 12.1. The van der Waals surface area contributed by atoms with Crippen LogP contribution in [-0.2, 0) is 4.79 Å². The highest BCUT2D eigenvalue weighted by molar-refractivity contribution is 8.18. The van der Waals surface area contributed by atoms with E-state index in [2.05, 4.69) is 5.32 Å². The standard InChI is InChI=1S/C19H16Cl2N2O3S/c1-11-3-2-4-13(7-11)25-5-6-26-17-14(20)8-12(9-15(17)21)10-16-18(24)23-19(22)27-16/h2-4,7-10H,5-6H2,1H3,(H2,22,23,24)/b16-10-. The lowest BCUT2D eigenvalue weighted by Crippen LogP contribution is -2.18. The van der Waals surface area contributed by atoms with Crippen LogP contribution in [0.5, 0.6) is 11.5 Å². The van der Waals surface area contributed by atoms with Gasteiger partial charge >= 0.3 is 0 Å². The van der Waals surface area contributed by atoms with Gasteiger partial charge in [0.1, 0.15) is 19.0 Å². The van der Waals surface area contributed by atoms with E-state index in [4.69, 9.17) is 38.1 Å². The maximum Gasteiger partial charge on any atom is 0.264 e. The van der Waals surface area contributed by atoms with Gasteiger partial charge in [0.25, 0.3) is 5.91 Å². The fourth-order valence-corrected chi connectivity index (χ4v) is 3.72. The molecule has 1 heterocycles. The Morgan fingerprint density at radius 1 is 1.15 bits per heavy atom. The Labute approximate surface area is 171 Å². The van der Waals surface area contributed by atoms with Gasteiger partial charge in [0.15, 0.2) is 10.9 Å². The number of rotatable bonds is 6. The summed E-state index contributed by atoms with van der Waals surface area (Å²) in [6.07, 6.45) is 1.63. The van der Waals surface area contributed by atoms with Gasteiger partial charge in [-0.25, -0.2) is 0 Å². The van der Waals surface area contributed by atoms with Crippen molar-refractivity contribution in [2.45, 2.75) is 6.92 Å². The lowest BCUT2D eigenvalue weighted by atomic mass is 10.2. The summed E-state index contributed by atoms with van der Waals surface area (Å²) < 4.78 is 11.3. The maximum atomic E-state index is 11.7. The predicted octanol–water partition coefficient (Wildman–Crippen LogP) is 4.90. The summed E-state index contributed by atoms with van der Waals surface area (Å²) in [6, 6.07) is 11.1. The quantitative estimate of drug-likeness (QED) is 0.512. The van der Waals surface area contributed by atoms with Gasteiger partial charge < -0.3 is 14.8 Å². The van der Waals surface area contributed by atoms with Crippen LogP contribution >= 0.6 is 35.0 Å². The average Bonchev–Trinajstić information content (AvgIpc) is 2.91. The minimum Gasteiger partial charge on any atom is -0.490 e. The number of halogens is 2. The first-order valence-corrected chi connectivity index (χ1v) is 9.60. The summed E-state index contributed by atoms with van der Waals surface area (Å²) in [6.45, 7) is 2.63. The number of thioether (sulfide) groups is 1. The average molecular weight is 423 g/mol. The lowest BCUT2D eigenvalue weighted by molar-refractivity contribution is -0.115. The molecule has 0 saturated carbocycles.